The Labute approximate surface area is 104 Å². The highest BCUT2D eigenvalue weighted by Crippen LogP contribution is 2.27. The maximum absolute atomic E-state index is 11.4. The molecule has 96 valence electrons. The Balaban J connectivity index is 2.26. The third-order valence-electron chi connectivity index (χ3n) is 3.55. The summed E-state index contributed by atoms with van der Waals surface area (Å²) in [5.41, 5.74) is 0. The van der Waals surface area contributed by atoms with Crippen LogP contribution in [-0.2, 0) is 4.79 Å². The van der Waals surface area contributed by atoms with Crippen LogP contribution in [0.15, 0.2) is 0 Å². The predicted octanol–water partition coefficient (Wildman–Crippen LogP) is 1.57. The highest BCUT2D eigenvalue weighted by Gasteiger charge is 2.22. The fourth-order valence-electron chi connectivity index (χ4n) is 2.61. The SMILES string of the molecule is CCC(NCC(=O)NCC#N)C1CCCCC1. The molecule has 1 atom stereocenters. The Morgan fingerprint density at radius 1 is 1.41 bits per heavy atom. The molecule has 0 heterocycles. The molecule has 1 unspecified atom stereocenters. The molecule has 0 saturated heterocycles. The minimum absolute atomic E-state index is 0.0826. The van der Waals surface area contributed by atoms with Crippen molar-refractivity contribution in [2.45, 2.75) is 51.5 Å². The normalized spacial score (nSPS) is 18.4. The van der Waals surface area contributed by atoms with Crippen molar-refractivity contribution in [2.24, 2.45) is 5.92 Å². The van der Waals surface area contributed by atoms with E-state index in [9.17, 15) is 4.79 Å². The molecule has 0 bridgehead atoms. The van der Waals surface area contributed by atoms with Gasteiger partial charge in [0.05, 0.1) is 12.6 Å². The molecule has 0 aromatic heterocycles. The van der Waals surface area contributed by atoms with Gasteiger partial charge in [-0.25, -0.2) is 0 Å². The van der Waals surface area contributed by atoms with E-state index in [1.807, 2.05) is 6.07 Å². The predicted molar refractivity (Wildman–Crippen MR) is 67.3 cm³/mol. The first-order chi connectivity index (χ1) is 8.27. The maximum Gasteiger partial charge on any atom is 0.234 e. The van der Waals surface area contributed by atoms with Crippen LogP contribution in [0.25, 0.3) is 0 Å². The first-order valence-electron chi connectivity index (χ1n) is 6.65. The van der Waals surface area contributed by atoms with Crippen LogP contribution < -0.4 is 10.6 Å². The second-order valence-electron chi connectivity index (χ2n) is 4.73. The average Bonchev–Trinajstić information content (AvgIpc) is 2.38. The average molecular weight is 237 g/mol. The van der Waals surface area contributed by atoms with Crippen molar-refractivity contribution in [1.82, 2.24) is 10.6 Å². The molecule has 1 amide bonds. The minimum Gasteiger partial charge on any atom is -0.342 e. The lowest BCUT2D eigenvalue weighted by atomic mass is 9.83. The lowest BCUT2D eigenvalue weighted by Crippen LogP contribution is -2.43. The number of nitrogens with zero attached hydrogens (tertiary/aromatic N) is 1. The van der Waals surface area contributed by atoms with Crippen LogP contribution in [0.4, 0.5) is 0 Å². The molecule has 0 aliphatic heterocycles. The Morgan fingerprint density at radius 3 is 2.71 bits per heavy atom. The molecule has 1 saturated carbocycles. The zero-order valence-electron chi connectivity index (χ0n) is 10.7. The van der Waals surface area contributed by atoms with Crippen molar-refractivity contribution in [1.29, 1.82) is 5.26 Å². The van der Waals surface area contributed by atoms with Crippen molar-refractivity contribution in [3.63, 3.8) is 0 Å². The molecule has 1 aliphatic rings. The van der Waals surface area contributed by atoms with E-state index in [0.717, 1.165) is 12.3 Å². The number of carbonyl (C=O) groups is 1. The number of rotatable bonds is 6. The van der Waals surface area contributed by atoms with Crippen LogP contribution in [-0.4, -0.2) is 25.0 Å². The zero-order valence-corrected chi connectivity index (χ0v) is 10.7. The fraction of sp³-hybridized carbons (Fsp3) is 0.846. The van der Waals surface area contributed by atoms with Crippen molar-refractivity contribution < 1.29 is 4.79 Å². The largest absolute Gasteiger partial charge is 0.342 e. The van der Waals surface area contributed by atoms with Crippen LogP contribution in [0, 0.1) is 17.2 Å². The van der Waals surface area contributed by atoms with Gasteiger partial charge in [0, 0.05) is 6.04 Å². The Bertz CT molecular complexity index is 266. The van der Waals surface area contributed by atoms with E-state index in [1.165, 1.54) is 32.1 Å². The summed E-state index contributed by atoms with van der Waals surface area (Å²) in [5, 5.41) is 14.2. The summed E-state index contributed by atoms with van der Waals surface area (Å²) in [6.45, 7) is 2.59. The molecule has 4 heteroatoms. The summed E-state index contributed by atoms with van der Waals surface area (Å²) >= 11 is 0. The second-order valence-corrected chi connectivity index (χ2v) is 4.73. The van der Waals surface area contributed by atoms with E-state index in [0.29, 0.717) is 12.6 Å². The quantitative estimate of drug-likeness (QED) is 0.689. The molecular formula is C13H23N3O. The Morgan fingerprint density at radius 2 is 2.12 bits per heavy atom. The molecule has 4 nitrogen and oxygen atoms in total. The number of carbonyl (C=O) groups excluding carboxylic acids is 1. The van der Waals surface area contributed by atoms with Crippen molar-refractivity contribution in [3.05, 3.63) is 0 Å². The molecule has 2 N–H and O–H groups in total. The maximum atomic E-state index is 11.4. The third kappa shape index (κ3) is 5.18. The molecule has 0 radical (unpaired) electrons. The smallest absolute Gasteiger partial charge is 0.234 e. The monoisotopic (exact) mass is 237 g/mol. The summed E-state index contributed by atoms with van der Waals surface area (Å²) in [4.78, 5) is 11.4. The standard InChI is InChI=1S/C13H23N3O/c1-2-12(11-6-4-3-5-7-11)16-10-13(17)15-9-8-14/h11-12,16H,2-7,9-10H2,1H3,(H,15,17). The van der Waals surface area contributed by atoms with E-state index in [-0.39, 0.29) is 12.5 Å². The van der Waals surface area contributed by atoms with E-state index in [1.54, 1.807) is 0 Å². The van der Waals surface area contributed by atoms with E-state index < -0.39 is 0 Å². The number of amides is 1. The van der Waals surface area contributed by atoms with Crippen molar-refractivity contribution in [3.8, 4) is 6.07 Å². The summed E-state index contributed by atoms with van der Waals surface area (Å²) in [6.07, 6.45) is 7.63. The first kappa shape index (κ1) is 14.0. The number of nitrogens with one attached hydrogen (secondary N) is 2. The molecular weight excluding hydrogens is 214 g/mol. The summed E-state index contributed by atoms with van der Waals surface area (Å²) in [5.74, 6) is 0.637. The van der Waals surface area contributed by atoms with Crippen LogP contribution in [0.5, 0.6) is 0 Å². The lowest BCUT2D eigenvalue weighted by molar-refractivity contribution is -0.120. The van der Waals surface area contributed by atoms with Crippen molar-refractivity contribution >= 4 is 5.91 Å². The van der Waals surface area contributed by atoms with Crippen LogP contribution in [0.1, 0.15) is 45.4 Å². The van der Waals surface area contributed by atoms with Gasteiger partial charge in [-0.1, -0.05) is 26.2 Å². The second kappa shape index (κ2) is 8.08. The number of hydrogen-bond acceptors (Lipinski definition) is 3. The van der Waals surface area contributed by atoms with Gasteiger partial charge in [0.15, 0.2) is 0 Å². The highest BCUT2D eigenvalue weighted by molar-refractivity contribution is 5.78. The van der Waals surface area contributed by atoms with Gasteiger partial charge in [-0.05, 0) is 25.2 Å². The molecule has 1 fully saturated rings. The van der Waals surface area contributed by atoms with E-state index in [2.05, 4.69) is 17.6 Å². The van der Waals surface area contributed by atoms with Gasteiger partial charge >= 0.3 is 0 Å². The van der Waals surface area contributed by atoms with Gasteiger partial charge in [0.25, 0.3) is 0 Å². The van der Waals surface area contributed by atoms with Gasteiger partial charge in [-0.3, -0.25) is 4.79 Å². The fourth-order valence-corrected chi connectivity index (χ4v) is 2.61. The Kier molecular flexibility index (Phi) is 6.64. The summed E-state index contributed by atoms with van der Waals surface area (Å²) in [7, 11) is 0. The molecule has 0 spiro atoms. The molecule has 1 aliphatic carbocycles. The van der Waals surface area contributed by atoms with Crippen LogP contribution in [0.2, 0.25) is 0 Å². The molecule has 17 heavy (non-hydrogen) atoms. The van der Waals surface area contributed by atoms with Crippen LogP contribution in [0.3, 0.4) is 0 Å². The van der Waals surface area contributed by atoms with Gasteiger partial charge < -0.3 is 10.6 Å². The van der Waals surface area contributed by atoms with Gasteiger partial charge in [-0.15, -0.1) is 0 Å². The van der Waals surface area contributed by atoms with E-state index >= 15 is 0 Å². The minimum atomic E-state index is -0.0826. The zero-order chi connectivity index (χ0) is 12.5. The summed E-state index contributed by atoms with van der Waals surface area (Å²) in [6, 6.07) is 2.35. The van der Waals surface area contributed by atoms with Gasteiger partial charge in [-0.2, -0.15) is 5.26 Å². The molecule has 0 aromatic rings. The van der Waals surface area contributed by atoms with Gasteiger partial charge in [0.2, 0.25) is 5.91 Å². The third-order valence-corrected chi connectivity index (χ3v) is 3.55. The van der Waals surface area contributed by atoms with E-state index in [4.69, 9.17) is 5.26 Å². The molecule has 1 rings (SSSR count). The molecule has 0 aromatic carbocycles. The van der Waals surface area contributed by atoms with Crippen molar-refractivity contribution in [2.75, 3.05) is 13.1 Å². The summed E-state index contributed by atoms with van der Waals surface area (Å²) < 4.78 is 0. The Hall–Kier alpha value is -1.08. The highest BCUT2D eigenvalue weighted by atomic mass is 16.1. The van der Waals surface area contributed by atoms with Crippen LogP contribution >= 0.6 is 0 Å². The number of nitriles is 1. The lowest BCUT2D eigenvalue weighted by Gasteiger charge is -2.30. The number of hydrogen-bond donors (Lipinski definition) is 2. The van der Waals surface area contributed by atoms with Gasteiger partial charge in [0.1, 0.15) is 6.54 Å². The topological polar surface area (TPSA) is 64.9 Å². The first-order valence-corrected chi connectivity index (χ1v) is 6.65.